The van der Waals surface area contributed by atoms with E-state index in [4.69, 9.17) is 0 Å². The van der Waals surface area contributed by atoms with E-state index in [1.54, 1.807) is 11.0 Å². The van der Waals surface area contributed by atoms with Crippen molar-refractivity contribution in [1.82, 2.24) is 25.4 Å². The minimum atomic E-state index is -0.626. The Morgan fingerprint density at radius 1 is 1.00 bits per heavy atom. The standard InChI is InChI=1S/C25H31N5O2/c1-17(2)22(29-23(31)19-8-10-20(11-9-19)25(3,4)5)24(32)27-14-18-6-12-21(13-7-18)30-16-26-15-28-30/h6-13,15-17,22H,14H2,1-5H3,(H,27,32)(H,29,31). The predicted octanol–water partition coefficient (Wildman–Crippen LogP) is 3.64. The molecule has 0 saturated heterocycles. The molecule has 0 aliphatic heterocycles. The van der Waals surface area contributed by atoms with Crippen LogP contribution < -0.4 is 10.6 Å². The Kier molecular flexibility index (Phi) is 7.08. The van der Waals surface area contributed by atoms with Crippen LogP contribution in [0.25, 0.3) is 5.69 Å². The van der Waals surface area contributed by atoms with Gasteiger partial charge in [0.1, 0.15) is 18.7 Å². The molecule has 0 spiro atoms. The maximum absolute atomic E-state index is 12.8. The summed E-state index contributed by atoms with van der Waals surface area (Å²) in [5.74, 6) is -0.515. The summed E-state index contributed by atoms with van der Waals surface area (Å²) in [4.78, 5) is 29.5. The summed E-state index contributed by atoms with van der Waals surface area (Å²) in [5.41, 5.74) is 3.56. The molecule has 2 aromatic carbocycles. The molecule has 2 amide bonds. The van der Waals surface area contributed by atoms with Crippen molar-refractivity contribution >= 4 is 11.8 Å². The number of rotatable bonds is 7. The number of aromatic nitrogens is 3. The smallest absolute Gasteiger partial charge is 0.251 e. The summed E-state index contributed by atoms with van der Waals surface area (Å²) < 4.78 is 1.67. The molecule has 2 N–H and O–H groups in total. The zero-order chi connectivity index (χ0) is 23.3. The van der Waals surface area contributed by atoms with Gasteiger partial charge in [0.15, 0.2) is 0 Å². The van der Waals surface area contributed by atoms with Gasteiger partial charge in [-0.25, -0.2) is 9.67 Å². The maximum atomic E-state index is 12.8. The number of hydrogen-bond acceptors (Lipinski definition) is 4. The van der Waals surface area contributed by atoms with Gasteiger partial charge in [0.05, 0.1) is 5.69 Å². The van der Waals surface area contributed by atoms with Gasteiger partial charge in [-0.3, -0.25) is 9.59 Å². The van der Waals surface area contributed by atoms with Gasteiger partial charge < -0.3 is 10.6 Å². The van der Waals surface area contributed by atoms with Crippen LogP contribution in [-0.4, -0.2) is 32.6 Å². The highest BCUT2D eigenvalue weighted by molar-refractivity contribution is 5.97. The zero-order valence-electron chi connectivity index (χ0n) is 19.3. The fourth-order valence-electron chi connectivity index (χ4n) is 3.29. The Labute approximate surface area is 189 Å². The van der Waals surface area contributed by atoms with E-state index in [9.17, 15) is 9.59 Å². The van der Waals surface area contributed by atoms with Crippen LogP contribution in [0.1, 0.15) is 56.1 Å². The third-order valence-electron chi connectivity index (χ3n) is 5.34. The Balaban J connectivity index is 1.60. The lowest BCUT2D eigenvalue weighted by Crippen LogP contribution is -2.49. The van der Waals surface area contributed by atoms with Gasteiger partial charge in [0, 0.05) is 12.1 Å². The molecular weight excluding hydrogens is 402 g/mol. The van der Waals surface area contributed by atoms with Gasteiger partial charge >= 0.3 is 0 Å². The zero-order valence-corrected chi connectivity index (χ0v) is 19.3. The van der Waals surface area contributed by atoms with Crippen molar-refractivity contribution in [2.24, 2.45) is 5.92 Å². The van der Waals surface area contributed by atoms with Crippen molar-refractivity contribution in [2.45, 2.75) is 52.6 Å². The topological polar surface area (TPSA) is 88.9 Å². The highest BCUT2D eigenvalue weighted by atomic mass is 16.2. The highest BCUT2D eigenvalue weighted by Crippen LogP contribution is 2.22. The largest absolute Gasteiger partial charge is 0.350 e. The quantitative estimate of drug-likeness (QED) is 0.595. The van der Waals surface area contributed by atoms with E-state index < -0.39 is 6.04 Å². The third kappa shape index (κ3) is 5.81. The van der Waals surface area contributed by atoms with Gasteiger partial charge in [-0.05, 0) is 46.7 Å². The molecule has 0 aliphatic rings. The minimum absolute atomic E-state index is 0.0167. The van der Waals surface area contributed by atoms with Crippen LogP contribution in [0.5, 0.6) is 0 Å². The lowest BCUT2D eigenvalue weighted by Gasteiger charge is -2.22. The molecule has 3 rings (SSSR count). The molecule has 1 aromatic heterocycles. The summed E-state index contributed by atoms with van der Waals surface area (Å²) in [5, 5.41) is 9.91. The van der Waals surface area contributed by atoms with E-state index in [-0.39, 0.29) is 23.1 Å². The molecule has 0 aliphatic carbocycles. The molecule has 7 nitrogen and oxygen atoms in total. The van der Waals surface area contributed by atoms with Crippen LogP contribution in [-0.2, 0) is 16.8 Å². The SMILES string of the molecule is CC(C)C(NC(=O)c1ccc(C(C)(C)C)cc1)C(=O)NCc1ccc(-n2cncn2)cc1. The summed E-state index contributed by atoms with van der Waals surface area (Å²) in [6.45, 7) is 10.6. The first-order chi connectivity index (χ1) is 15.1. The van der Waals surface area contributed by atoms with Crippen LogP contribution in [0.15, 0.2) is 61.2 Å². The summed E-state index contributed by atoms with van der Waals surface area (Å²) >= 11 is 0. The molecular formula is C25H31N5O2. The average molecular weight is 434 g/mol. The van der Waals surface area contributed by atoms with Crippen molar-refractivity contribution in [3.05, 3.63) is 77.9 Å². The fourth-order valence-corrected chi connectivity index (χ4v) is 3.29. The van der Waals surface area contributed by atoms with Crippen molar-refractivity contribution in [3.63, 3.8) is 0 Å². The third-order valence-corrected chi connectivity index (χ3v) is 5.34. The Bertz CT molecular complexity index is 1030. The summed E-state index contributed by atoms with van der Waals surface area (Å²) in [6, 6.07) is 14.6. The Hall–Kier alpha value is -3.48. The molecule has 1 atom stereocenters. The van der Waals surface area contributed by atoms with Crippen molar-refractivity contribution in [3.8, 4) is 5.69 Å². The van der Waals surface area contributed by atoms with E-state index in [0.29, 0.717) is 12.1 Å². The van der Waals surface area contributed by atoms with E-state index in [1.165, 1.54) is 6.33 Å². The van der Waals surface area contributed by atoms with Gasteiger partial charge in [-0.2, -0.15) is 5.10 Å². The molecule has 168 valence electrons. The number of benzene rings is 2. The van der Waals surface area contributed by atoms with Crippen LogP contribution in [0.4, 0.5) is 0 Å². The van der Waals surface area contributed by atoms with E-state index in [0.717, 1.165) is 16.8 Å². The molecule has 1 unspecified atom stereocenters. The van der Waals surface area contributed by atoms with Gasteiger partial charge in [-0.1, -0.05) is 58.9 Å². The highest BCUT2D eigenvalue weighted by Gasteiger charge is 2.24. The first-order valence-corrected chi connectivity index (χ1v) is 10.8. The number of amides is 2. The van der Waals surface area contributed by atoms with Crippen molar-refractivity contribution in [2.75, 3.05) is 0 Å². The van der Waals surface area contributed by atoms with Crippen LogP contribution in [0, 0.1) is 5.92 Å². The number of nitrogens with zero attached hydrogens (tertiary/aromatic N) is 3. The second kappa shape index (κ2) is 9.77. The second-order valence-corrected chi connectivity index (χ2v) is 9.25. The monoisotopic (exact) mass is 433 g/mol. The molecule has 32 heavy (non-hydrogen) atoms. The summed E-state index contributed by atoms with van der Waals surface area (Å²) in [7, 11) is 0. The molecule has 1 heterocycles. The summed E-state index contributed by atoms with van der Waals surface area (Å²) in [6.07, 6.45) is 3.11. The lowest BCUT2D eigenvalue weighted by atomic mass is 9.86. The Morgan fingerprint density at radius 2 is 1.66 bits per heavy atom. The lowest BCUT2D eigenvalue weighted by molar-refractivity contribution is -0.124. The molecule has 0 bridgehead atoms. The number of carbonyl (C=O) groups excluding carboxylic acids is 2. The number of hydrogen-bond donors (Lipinski definition) is 2. The molecule has 7 heteroatoms. The molecule has 3 aromatic rings. The molecule has 0 fully saturated rings. The van der Waals surface area contributed by atoms with Gasteiger partial charge in [-0.15, -0.1) is 0 Å². The average Bonchev–Trinajstić information content (AvgIpc) is 3.30. The van der Waals surface area contributed by atoms with E-state index in [1.807, 2.05) is 62.4 Å². The number of nitrogens with one attached hydrogen (secondary N) is 2. The van der Waals surface area contributed by atoms with E-state index in [2.05, 4.69) is 41.5 Å². The maximum Gasteiger partial charge on any atom is 0.251 e. The second-order valence-electron chi connectivity index (χ2n) is 9.25. The normalized spacial score (nSPS) is 12.4. The molecule has 0 saturated carbocycles. The minimum Gasteiger partial charge on any atom is -0.350 e. The predicted molar refractivity (Wildman–Crippen MR) is 124 cm³/mol. The Morgan fingerprint density at radius 3 is 2.19 bits per heavy atom. The fraction of sp³-hybridized carbons (Fsp3) is 0.360. The van der Waals surface area contributed by atoms with Crippen LogP contribution in [0.3, 0.4) is 0 Å². The van der Waals surface area contributed by atoms with Gasteiger partial charge in [0.2, 0.25) is 5.91 Å². The first kappa shape index (κ1) is 23.2. The van der Waals surface area contributed by atoms with Gasteiger partial charge in [0.25, 0.3) is 5.91 Å². The van der Waals surface area contributed by atoms with Crippen molar-refractivity contribution in [1.29, 1.82) is 0 Å². The van der Waals surface area contributed by atoms with Crippen molar-refractivity contribution < 1.29 is 9.59 Å². The van der Waals surface area contributed by atoms with E-state index >= 15 is 0 Å². The van der Waals surface area contributed by atoms with Crippen LogP contribution in [0.2, 0.25) is 0 Å². The molecule has 0 radical (unpaired) electrons. The van der Waals surface area contributed by atoms with Crippen LogP contribution >= 0.6 is 0 Å². The number of carbonyl (C=O) groups is 2. The first-order valence-electron chi connectivity index (χ1n) is 10.8.